The Morgan fingerprint density at radius 3 is 2.73 bits per heavy atom. The lowest BCUT2D eigenvalue weighted by Gasteiger charge is -2.34. The van der Waals surface area contributed by atoms with E-state index in [1.54, 1.807) is 6.07 Å². The number of fused-ring (bicyclic) bond motifs is 2. The van der Waals surface area contributed by atoms with Crippen molar-refractivity contribution >= 4 is 27.8 Å². The van der Waals surface area contributed by atoms with E-state index in [1.807, 2.05) is 45.3 Å². The largest absolute Gasteiger partial charge is 0.468 e. The van der Waals surface area contributed by atoms with Gasteiger partial charge in [-0.05, 0) is 94.6 Å². The Morgan fingerprint density at radius 2 is 2.00 bits per heavy atom. The van der Waals surface area contributed by atoms with Gasteiger partial charge in [0.15, 0.2) is 12.6 Å². The number of amides is 1. The molecular weight excluding hydrogens is 631 g/mol. The molecule has 262 valence electrons. The number of carbonyl (C=O) groups excluding carboxylic acids is 1. The maximum atomic E-state index is 16.6. The van der Waals surface area contributed by atoms with Crippen molar-refractivity contribution in [2.45, 2.75) is 51.0 Å². The average molecular weight is 677 g/mol. The van der Waals surface area contributed by atoms with Gasteiger partial charge in [0, 0.05) is 37.4 Å². The van der Waals surface area contributed by atoms with Crippen molar-refractivity contribution in [1.82, 2.24) is 30.5 Å². The van der Waals surface area contributed by atoms with Gasteiger partial charge in [-0.25, -0.2) is 9.18 Å². The fourth-order valence-electron chi connectivity index (χ4n) is 6.68. The highest BCUT2D eigenvalue weighted by Gasteiger charge is 2.44. The maximum Gasteiger partial charge on any atom is 0.407 e. The molecular formula is C36H45FN6O6. The molecule has 0 radical (unpaired) electrons. The third-order valence-corrected chi connectivity index (χ3v) is 9.26. The molecule has 2 aromatic heterocycles. The number of piperidine rings is 1. The molecule has 1 aliphatic carbocycles. The number of aryl methyl sites for hydroxylation is 1. The fraction of sp³-hybridized carbons (Fsp3) is 0.500. The van der Waals surface area contributed by atoms with Gasteiger partial charge < -0.3 is 34.5 Å². The van der Waals surface area contributed by atoms with Crippen LogP contribution in [0.4, 0.5) is 9.18 Å². The highest BCUT2D eigenvalue weighted by molar-refractivity contribution is 6.00. The van der Waals surface area contributed by atoms with Crippen molar-refractivity contribution in [2.24, 2.45) is 5.41 Å². The summed E-state index contributed by atoms with van der Waals surface area (Å²) in [6.07, 6.45) is 5.89. The molecule has 1 saturated heterocycles. The Labute approximate surface area is 284 Å². The van der Waals surface area contributed by atoms with Crippen LogP contribution in [0.5, 0.6) is 11.8 Å². The second-order valence-electron chi connectivity index (χ2n) is 13.8. The fourth-order valence-corrected chi connectivity index (χ4v) is 6.68. The Bertz CT molecular complexity index is 1870. The number of benzene rings is 2. The summed E-state index contributed by atoms with van der Waals surface area (Å²) in [6, 6.07) is 9.35. The van der Waals surface area contributed by atoms with Gasteiger partial charge in [0.25, 0.3) is 11.6 Å². The molecule has 49 heavy (non-hydrogen) atoms. The van der Waals surface area contributed by atoms with Crippen molar-refractivity contribution in [3.63, 3.8) is 0 Å². The number of rotatable bonds is 14. The lowest BCUT2D eigenvalue weighted by Crippen LogP contribution is -2.55. The topological polar surface area (TPSA) is 140 Å². The summed E-state index contributed by atoms with van der Waals surface area (Å²) in [5, 5.41) is 7.90. The molecule has 6 rings (SSSR count). The molecule has 12 nitrogen and oxygen atoms in total. The van der Waals surface area contributed by atoms with Crippen molar-refractivity contribution in [1.29, 1.82) is 0 Å². The first-order valence-electron chi connectivity index (χ1n) is 16.8. The van der Waals surface area contributed by atoms with E-state index in [2.05, 4.69) is 30.5 Å². The van der Waals surface area contributed by atoms with E-state index in [0.29, 0.717) is 37.3 Å². The van der Waals surface area contributed by atoms with E-state index < -0.39 is 17.5 Å². The molecule has 1 aliphatic heterocycles. The van der Waals surface area contributed by atoms with Crippen LogP contribution < -0.4 is 25.7 Å². The van der Waals surface area contributed by atoms with Gasteiger partial charge in [0.1, 0.15) is 17.0 Å². The molecule has 0 spiro atoms. The van der Waals surface area contributed by atoms with Crippen LogP contribution in [0.3, 0.4) is 0 Å². The quantitative estimate of drug-likeness (QED) is 0.126. The van der Waals surface area contributed by atoms with Crippen molar-refractivity contribution in [3.8, 4) is 23.0 Å². The van der Waals surface area contributed by atoms with Gasteiger partial charge in [-0.3, -0.25) is 14.8 Å². The van der Waals surface area contributed by atoms with Crippen LogP contribution in [0.1, 0.15) is 44.6 Å². The molecule has 3 N–H and O–H groups in total. The number of alkyl carbamates (subject to hydrolysis) is 1. The highest BCUT2D eigenvalue weighted by Crippen LogP contribution is 2.46. The normalized spacial score (nSPS) is 18.5. The molecule has 13 heteroatoms. The van der Waals surface area contributed by atoms with Gasteiger partial charge in [-0.1, -0.05) is 18.2 Å². The Hall–Kier alpha value is -4.33. The number of nitrogens with zero attached hydrogens (tertiary/aromatic N) is 3. The lowest BCUT2D eigenvalue weighted by molar-refractivity contribution is 0.0512. The molecule has 1 saturated carbocycles. The summed E-state index contributed by atoms with van der Waals surface area (Å²) in [7, 11) is 5.54. The zero-order valence-corrected chi connectivity index (χ0v) is 28.6. The predicted octanol–water partition coefficient (Wildman–Crippen LogP) is 4.78. The minimum absolute atomic E-state index is 0.000274. The van der Waals surface area contributed by atoms with Gasteiger partial charge in [-0.15, -0.1) is 0 Å². The second kappa shape index (κ2) is 14.7. The number of aromatic amines is 1. The summed E-state index contributed by atoms with van der Waals surface area (Å²) in [5.41, 5.74) is 0.412. The molecule has 2 aromatic carbocycles. The van der Waals surface area contributed by atoms with Crippen LogP contribution in [0.25, 0.3) is 32.9 Å². The number of carbonyl (C=O) groups is 1. The molecule has 1 atom stereocenters. The summed E-state index contributed by atoms with van der Waals surface area (Å²) in [6.45, 7) is 5.09. The van der Waals surface area contributed by atoms with Crippen LogP contribution in [0, 0.1) is 11.2 Å². The number of halogens is 1. The molecule has 0 unspecified atom stereocenters. The zero-order valence-electron chi connectivity index (χ0n) is 28.6. The number of hydrogen-bond acceptors (Lipinski definition) is 10. The van der Waals surface area contributed by atoms with Crippen LogP contribution in [0.15, 0.2) is 41.3 Å². The first-order chi connectivity index (χ1) is 23.6. The second-order valence-corrected chi connectivity index (χ2v) is 13.8. The third kappa shape index (κ3) is 8.11. The lowest BCUT2D eigenvalue weighted by atomic mass is 9.93. The molecule has 1 amide bonds. The highest BCUT2D eigenvalue weighted by atomic mass is 19.1. The smallest absolute Gasteiger partial charge is 0.407 e. The van der Waals surface area contributed by atoms with Gasteiger partial charge in [0.05, 0.1) is 24.1 Å². The number of H-pyrrole nitrogens is 1. The maximum absolute atomic E-state index is 16.6. The van der Waals surface area contributed by atoms with Crippen molar-refractivity contribution in [2.75, 3.05) is 60.8 Å². The van der Waals surface area contributed by atoms with Gasteiger partial charge in [-0.2, -0.15) is 4.98 Å². The number of aromatic nitrogens is 3. The van der Waals surface area contributed by atoms with E-state index in [4.69, 9.17) is 18.9 Å². The summed E-state index contributed by atoms with van der Waals surface area (Å²) in [5.74, 6) is -0.277. The number of hydrogen-bond donors (Lipinski definition) is 3. The first-order valence-corrected chi connectivity index (χ1v) is 16.8. The third-order valence-electron chi connectivity index (χ3n) is 9.26. The van der Waals surface area contributed by atoms with Crippen LogP contribution >= 0.6 is 0 Å². The SMILES string of the molecule is COCOc1cc(-c2ncc3c(=O)[nH]c(OCC4(CN(C)C)CC4)nc3c2F)c2c(CCCOC(=O)N[C@]3(C)CCCNC3)cccc2c1. The summed E-state index contributed by atoms with van der Waals surface area (Å²) in [4.78, 5) is 39.2. The van der Waals surface area contributed by atoms with Gasteiger partial charge in [0.2, 0.25) is 0 Å². The Balaban J connectivity index is 1.28. The molecule has 3 heterocycles. The number of pyridine rings is 1. The van der Waals surface area contributed by atoms with E-state index in [9.17, 15) is 9.59 Å². The molecule has 2 fully saturated rings. The van der Waals surface area contributed by atoms with Crippen LogP contribution in [-0.2, 0) is 15.9 Å². The average Bonchev–Trinajstić information content (AvgIpc) is 3.83. The molecule has 0 bridgehead atoms. The summed E-state index contributed by atoms with van der Waals surface area (Å²) >= 11 is 0. The monoisotopic (exact) mass is 676 g/mol. The zero-order chi connectivity index (χ0) is 34.6. The molecule has 2 aliphatic rings. The van der Waals surface area contributed by atoms with E-state index in [1.165, 1.54) is 13.3 Å². The number of methoxy groups -OCH3 is 1. The van der Waals surface area contributed by atoms with Crippen LogP contribution in [-0.4, -0.2) is 92.3 Å². The van der Waals surface area contributed by atoms with Gasteiger partial charge >= 0.3 is 6.09 Å². The van der Waals surface area contributed by atoms with E-state index >= 15 is 4.39 Å². The number of ether oxygens (including phenoxy) is 4. The van der Waals surface area contributed by atoms with Crippen molar-refractivity contribution in [3.05, 3.63) is 58.3 Å². The Kier molecular flexibility index (Phi) is 10.3. The Morgan fingerprint density at radius 1 is 1.16 bits per heavy atom. The van der Waals surface area contributed by atoms with Crippen LogP contribution in [0.2, 0.25) is 0 Å². The molecule has 4 aromatic rings. The van der Waals surface area contributed by atoms with E-state index in [0.717, 1.165) is 55.1 Å². The first kappa shape index (κ1) is 34.5. The standard InChI is InChI=1S/C36H45FN6O6/c1-35(11-7-14-38-19-35)42-34(45)47-15-6-10-23-8-5-9-24-16-25(49-22-46-4)17-26(28(23)24)30-29(37)31-27(18-39-30)32(44)41-33(40-31)48-21-36(12-13-36)20-43(2)3/h5,8-9,16-18,38H,6-7,10-15,19-22H2,1-4H3,(H,42,45)(H,40,41,44)/t35-/m1/s1. The van der Waals surface area contributed by atoms with Crippen molar-refractivity contribution < 1.29 is 28.1 Å². The minimum Gasteiger partial charge on any atom is -0.468 e. The summed E-state index contributed by atoms with van der Waals surface area (Å²) < 4.78 is 38.9. The number of nitrogens with one attached hydrogen (secondary N) is 3. The predicted molar refractivity (Wildman–Crippen MR) is 185 cm³/mol. The minimum atomic E-state index is -0.742. The van der Waals surface area contributed by atoms with E-state index in [-0.39, 0.29) is 47.0 Å².